The Hall–Kier alpha value is -2.77. The molecule has 19 heteroatoms. The summed E-state index contributed by atoms with van der Waals surface area (Å²) in [4.78, 5) is 13.5. The second-order valence-electron chi connectivity index (χ2n) is 29.9. The molecule has 17 unspecified atom stereocenters. The normalized spacial score (nSPS) is 26.3. The van der Waals surface area contributed by atoms with Gasteiger partial charge in [0.05, 0.1) is 38.6 Å². The number of nitrogens with one attached hydrogen (secondary N) is 1. The van der Waals surface area contributed by atoms with Crippen LogP contribution in [0.5, 0.6) is 0 Å². The first-order chi connectivity index (χ1) is 50.8. The summed E-state index contributed by atoms with van der Waals surface area (Å²) in [6.45, 7) is 1.67. The second kappa shape index (κ2) is 65.0. The zero-order chi connectivity index (χ0) is 75.3. The van der Waals surface area contributed by atoms with Crippen molar-refractivity contribution in [1.82, 2.24) is 5.32 Å². The fourth-order valence-electron chi connectivity index (χ4n) is 14.0. The molecule has 0 aliphatic carbocycles. The van der Waals surface area contributed by atoms with Crippen LogP contribution in [-0.2, 0) is 33.2 Å². The number of aliphatic hydroxyl groups excluding tert-OH is 11. The van der Waals surface area contributed by atoms with Crippen molar-refractivity contribution in [2.75, 3.05) is 26.4 Å². The summed E-state index contributed by atoms with van der Waals surface area (Å²) in [5.41, 5.74) is 0. The summed E-state index contributed by atoms with van der Waals surface area (Å²) in [7, 11) is 0. The molecule has 0 spiro atoms. The molecule has 3 heterocycles. The zero-order valence-electron chi connectivity index (χ0n) is 65.0. The average Bonchev–Trinajstić information content (AvgIpc) is 0.783. The highest BCUT2D eigenvalue weighted by Crippen LogP contribution is 2.33. The third-order valence-electron chi connectivity index (χ3n) is 20.8. The Morgan fingerprint density at radius 2 is 0.663 bits per heavy atom. The van der Waals surface area contributed by atoms with Crippen LogP contribution in [0.25, 0.3) is 0 Å². The monoisotopic (exact) mass is 1480 g/mol. The lowest BCUT2D eigenvalue weighted by atomic mass is 9.96. The molecule has 0 saturated carbocycles. The van der Waals surface area contributed by atoms with Crippen LogP contribution in [0.15, 0.2) is 72.9 Å². The summed E-state index contributed by atoms with van der Waals surface area (Å²) in [5, 5.41) is 121. The fraction of sp³-hybridized carbons (Fsp3) is 0.847. The summed E-state index contributed by atoms with van der Waals surface area (Å²) in [6, 6.07) is -0.978. The molecule has 3 saturated heterocycles. The van der Waals surface area contributed by atoms with Gasteiger partial charge in [-0.2, -0.15) is 0 Å². The van der Waals surface area contributed by atoms with Gasteiger partial charge in [-0.25, -0.2) is 0 Å². The van der Waals surface area contributed by atoms with E-state index in [9.17, 15) is 61.0 Å². The Bertz CT molecular complexity index is 2160. The van der Waals surface area contributed by atoms with E-state index in [-0.39, 0.29) is 18.9 Å². The highest BCUT2D eigenvalue weighted by Gasteiger charge is 2.54. The van der Waals surface area contributed by atoms with E-state index in [4.69, 9.17) is 28.4 Å². The van der Waals surface area contributed by atoms with E-state index < -0.39 is 124 Å². The summed E-state index contributed by atoms with van der Waals surface area (Å²) in [5.74, 6) is -0.273. The number of unbranched alkanes of at least 4 members (excludes halogenated alkanes) is 41. The number of carbonyl (C=O) groups is 1. The number of ether oxygens (including phenoxy) is 6. The maximum absolute atomic E-state index is 13.5. The summed E-state index contributed by atoms with van der Waals surface area (Å²) < 4.78 is 34.5. The molecule has 17 atom stereocenters. The molecule has 12 N–H and O–H groups in total. The molecule has 0 aromatic heterocycles. The number of hydrogen-bond acceptors (Lipinski definition) is 18. The van der Waals surface area contributed by atoms with Crippen LogP contribution in [0.2, 0.25) is 0 Å². The van der Waals surface area contributed by atoms with Gasteiger partial charge in [-0.3, -0.25) is 4.79 Å². The van der Waals surface area contributed by atoms with Crippen molar-refractivity contribution in [1.29, 1.82) is 0 Å². The number of rotatable bonds is 67. The molecular weight excluding hydrogens is 1320 g/mol. The largest absolute Gasteiger partial charge is 0.394 e. The van der Waals surface area contributed by atoms with Gasteiger partial charge < -0.3 is 89.9 Å². The third-order valence-corrected chi connectivity index (χ3v) is 20.8. The Morgan fingerprint density at radius 1 is 0.356 bits per heavy atom. The first kappa shape index (κ1) is 95.4. The van der Waals surface area contributed by atoms with Gasteiger partial charge in [-0.05, 0) is 64.2 Å². The smallest absolute Gasteiger partial charge is 0.220 e. The molecule has 104 heavy (non-hydrogen) atoms. The molecule has 0 bridgehead atoms. The van der Waals surface area contributed by atoms with Crippen LogP contribution < -0.4 is 5.32 Å². The van der Waals surface area contributed by atoms with Crippen LogP contribution in [0, 0.1) is 0 Å². The van der Waals surface area contributed by atoms with Crippen molar-refractivity contribution >= 4 is 5.91 Å². The van der Waals surface area contributed by atoms with Gasteiger partial charge in [0.2, 0.25) is 5.91 Å². The van der Waals surface area contributed by atoms with Gasteiger partial charge in [0, 0.05) is 6.42 Å². The topological polar surface area (TPSA) is 307 Å². The minimum Gasteiger partial charge on any atom is -0.394 e. The van der Waals surface area contributed by atoms with E-state index in [1.165, 1.54) is 225 Å². The van der Waals surface area contributed by atoms with Crippen LogP contribution in [0.3, 0.4) is 0 Å². The molecular formula is C85H153NO18. The lowest BCUT2D eigenvalue weighted by molar-refractivity contribution is -0.379. The van der Waals surface area contributed by atoms with Crippen molar-refractivity contribution in [3.8, 4) is 0 Å². The number of hydrogen-bond donors (Lipinski definition) is 12. The Labute approximate surface area is 629 Å². The SMILES string of the molecule is CC/C=C\C/C=C\C/C=C\C/C=C\C/C=C\CCCCCCCCCCCCCCCCCC(=O)NC(COC1OC(CO)C(OC2OC(CO)C(OC3OC(CO)C(O)C(O)C3O)C(O)C2O)C(O)C1O)C(O)/C=C/CCCCCCCCCCCCCCCCCCCCCCCCCCCC. The van der Waals surface area contributed by atoms with Gasteiger partial charge in [0.1, 0.15) is 73.2 Å². The Balaban J connectivity index is 1.36. The highest BCUT2D eigenvalue weighted by atomic mass is 16.8. The van der Waals surface area contributed by atoms with E-state index in [0.29, 0.717) is 6.42 Å². The lowest BCUT2D eigenvalue weighted by Gasteiger charge is -2.48. The van der Waals surface area contributed by atoms with Crippen LogP contribution in [0.4, 0.5) is 0 Å². The van der Waals surface area contributed by atoms with Crippen LogP contribution in [0.1, 0.15) is 328 Å². The van der Waals surface area contributed by atoms with E-state index in [1.54, 1.807) is 6.08 Å². The second-order valence-corrected chi connectivity index (χ2v) is 29.9. The molecule has 3 aliphatic heterocycles. The number of aliphatic hydroxyl groups is 11. The van der Waals surface area contributed by atoms with E-state index in [1.807, 2.05) is 6.08 Å². The fourth-order valence-corrected chi connectivity index (χ4v) is 14.0. The van der Waals surface area contributed by atoms with Crippen LogP contribution >= 0.6 is 0 Å². The third kappa shape index (κ3) is 44.2. The van der Waals surface area contributed by atoms with Crippen molar-refractivity contribution in [3.05, 3.63) is 72.9 Å². The molecule has 3 rings (SSSR count). The average molecular weight is 1480 g/mol. The molecule has 0 radical (unpaired) electrons. The van der Waals surface area contributed by atoms with Crippen molar-refractivity contribution < 1.29 is 89.4 Å². The summed E-state index contributed by atoms with van der Waals surface area (Å²) in [6.07, 6.45) is 58.9. The first-order valence-electron chi connectivity index (χ1n) is 42.2. The van der Waals surface area contributed by atoms with Crippen LogP contribution in [-0.4, -0.2) is 193 Å². The standard InChI is InChI=1S/C85H153NO18/c1-3-5-7-9-11-13-15-17-19-21-23-25-27-29-31-33-34-35-37-39-41-43-45-47-49-51-53-55-57-59-61-63-73(91)86-68(69(90)62-60-58-56-54-52-50-48-46-44-42-40-38-36-32-30-28-26-24-22-20-18-16-14-12-10-8-6-4-2)67-99-83-79(97)76(94)81(71(65-88)101-83)104-85-80(98)77(95)82(72(66-89)102-85)103-84-78(96)75(93)74(92)70(64-87)100-84/h5,7,11,13,17,19,23,25,29,31,60,62,68-72,74-85,87-90,92-98H,3-4,6,8-10,12,14-16,18,20-22,24,26-28,30,32-59,61,63-67H2,1-2H3,(H,86,91)/b7-5-,13-11-,19-17-,25-23-,31-29-,62-60+. The molecule has 606 valence electrons. The Morgan fingerprint density at radius 3 is 1.04 bits per heavy atom. The lowest BCUT2D eigenvalue weighted by Crippen LogP contribution is -2.66. The molecule has 19 nitrogen and oxygen atoms in total. The molecule has 0 aromatic rings. The minimum atomic E-state index is -1.98. The Kier molecular flexibility index (Phi) is 59.6. The zero-order valence-corrected chi connectivity index (χ0v) is 65.0. The predicted molar refractivity (Wildman–Crippen MR) is 415 cm³/mol. The van der Waals surface area contributed by atoms with E-state index in [2.05, 4.69) is 79.9 Å². The molecule has 3 fully saturated rings. The van der Waals surface area contributed by atoms with Gasteiger partial charge in [-0.1, -0.05) is 331 Å². The first-order valence-corrected chi connectivity index (χ1v) is 42.2. The minimum absolute atomic E-state index is 0.241. The maximum Gasteiger partial charge on any atom is 0.220 e. The predicted octanol–water partition coefficient (Wildman–Crippen LogP) is 14.8. The maximum atomic E-state index is 13.5. The quantitative estimate of drug-likeness (QED) is 0.0199. The highest BCUT2D eigenvalue weighted by molar-refractivity contribution is 5.76. The van der Waals surface area contributed by atoms with E-state index >= 15 is 0 Å². The van der Waals surface area contributed by atoms with Gasteiger partial charge >= 0.3 is 0 Å². The molecule has 1 amide bonds. The molecule has 0 aromatic carbocycles. The van der Waals surface area contributed by atoms with Gasteiger partial charge in [0.15, 0.2) is 18.9 Å². The van der Waals surface area contributed by atoms with Gasteiger partial charge in [0.25, 0.3) is 0 Å². The van der Waals surface area contributed by atoms with Crippen molar-refractivity contribution in [2.45, 2.75) is 433 Å². The van der Waals surface area contributed by atoms with E-state index in [0.717, 1.165) is 77.0 Å². The molecule has 3 aliphatic rings. The van der Waals surface area contributed by atoms with Crippen molar-refractivity contribution in [2.24, 2.45) is 0 Å². The van der Waals surface area contributed by atoms with Gasteiger partial charge in [-0.15, -0.1) is 0 Å². The van der Waals surface area contributed by atoms with Crippen molar-refractivity contribution in [3.63, 3.8) is 0 Å². The summed E-state index contributed by atoms with van der Waals surface area (Å²) >= 11 is 0. The number of carbonyl (C=O) groups excluding carboxylic acids is 1. The number of allylic oxidation sites excluding steroid dienone is 11. The number of amides is 1.